The molecule has 0 spiro atoms. The zero-order valence-electron chi connectivity index (χ0n) is 11.9. The third-order valence-corrected chi connectivity index (χ3v) is 4.24. The lowest BCUT2D eigenvalue weighted by Gasteiger charge is -2.20. The Morgan fingerprint density at radius 3 is 2.90 bits per heavy atom. The predicted molar refractivity (Wildman–Crippen MR) is 81.8 cm³/mol. The van der Waals surface area contributed by atoms with E-state index in [0.29, 0.717) is 5.15 Å². The first-order chi connectivity index (χ1) is 10.1. The van der Waals surface area contributed by atoms with Crippen LogP contribution in [0.15, 0.2) is 24.7 Å². The number of halogens is 1. The highest BCUT2D eigenvalue weighted by Crippen LogP contribution is 2.40. The van der Waals surface area contributed by atoms with Gasteiger partial charge >= 0.3 is 0 Å². The number of nitrogens with one attached hydrogen (secondary N) is 1. The molecule has 1 N–H and O–H groups in total. The van der Waals surface area contributed by atoms with Crippen molar-refractivity contribution in [2.24, 2.45) is 7.05 Å². The van der Waals surface area contributed by atoms with Gasteiger partial charge in [0.25, 0.3) is 0 Å². The Labute approximate surface area is 126 Å². The summed E-state index contributed by atoms with van der Waals surface area (Å²) in [6, 6.07) is 4.01. The Balaban J connectivity index is 2.21. The molecule has 0 atom stereocenters. The number of ether oxygens (including phenoxy) is 1. The molecule has 0 radical (unpaired) electrons. The molecule has 0 saturated carbocycles. The van der Waals surface area contributed by atoms with E-state index in [1.54, 1.807) is 13.3 Å². The number of rotatable bonds is 1. The number of aromatic nitrogens is 3. The standard InChI is InChI=1S/C15H14ClN4O/c1-8-4-5-10(21-3)14-11(8)18-12-13-9(6-17-15(12)16)19(2)7-20(13)14/h4-7,18H,1-3H3/q+1. The van der Waals surface area contributed by atoms with Gasteiger partial charge in [0.15, 0.2) is 22.1 Å². The van der Waals surface area contributed by atoms with Crippen LogP contribution in [0.2, 0.25) is 5.15 Å². The molecule has 3 heterocycles. The summed E-state index contributed by atoms with van der Waals surface area (Å²) in [4.78, 5) is 4.27. The van der Waals surface area contributed by atoms with Gasteiger partial charge in [-0.3, -0.25) is 0 Å². The monoisotopic (exact) mass is 301 g/mol. The van der Waals surface area contributed by atoms with Gasteiger partial charge in [-0.25, -0.2) is 9.55 Å². The second-order valence-electron chi connectivity index (χ2n) is 5.19. The summed E-state index contributed by atoms with van der Waals surface area (Å²) in [6.45, 7) is 2.06. The Bertz CT molecular complexity index is 901. The molecular formula is C15H14ClN4O+. The van der Waals surface area contributed by atoms with E-state index in [1.807, 2.05) is 30.1 Å². The number of imidazole rings is 1. The van der Waals surface area contributed by atoms with Crippen LogP contribution in [-0.4, -0.2) is 16.7 Å². The number of methoxy groups -OCH3 is 1. The molecule has 0 amide bonds. The maximum atomic E-state index is 6.28. The van der Waals surface area contributed by atoms with Crippen molar-refractivity contribution >= 4 is 34.0 Å². The number of fused-ring (bicyclic) bond motifs is 2. The van der Waals surface area contributed by atoms with E-state index in [4.69, 9.17) is 16.3 Å². The van der Waals surface area contributed by atoms with E-state index in [0.717, 1.165) is 39.4 Å². The van der Waals surface area contributed by atoms with Crippen LogP contribution < -0.4 is 14.6 Å². The second kappa shape index (κ2) is 4.11. The van der Waals surface area contributed by atoms with E-state index in [1.165, 1.54) is 0 Å². The van der Waals surface area contributed by atoms with Crippen molar-refractivity contribution in [2.75, 3.05) is 12.4 Å². The maximum Gasteiger partial charge on any atom is 0.250 e. The van der Waals surface area contributed by atoms with E-state index in [9.17, 15) is 0 Å². The van der Waals surface area contributed by atoms with E-state index < -0.39 is 0 Å². The molecule has 5 nitrogen and oxygen atoms in total. The molecule has 3 aromatic rings. The van der Waals surface area contributed by atoms with Gasteiger partial charge in [-0.05, 0) is 18.6 Å². The SMILES string of the molecule is COc1ccc(C)c2c1-[n+]1cn(C)c3cnc(Cl)c(c31)N2. The van der Waals surface area contributed by atoms with Gasteiger partial charge in [0.05, 0.1) is 26.0 Å². The minimum Gasteiger partial charge on any atom is -0.492 e. The quantitative estimate of drug-likeness (QED) is 0.434. The Hall–Kier alpha value is -2.27. The minimum absolute atomic E-state index is 0.468. The summed E-state index contributed by atoms with van der Waals surface area (Å²) in [7, 11) is 3.67. The van der Waals surface area contributed by atoms with Crippen LogP contribution in [0, 0.1) is 6.92 Å². The first-order valence-electron chi connectivity index (χ1n) is 6.62. The molecule has 0 aliphatic carbocycles. The van der Waals surface area contributed by atoms with Gasteiger partial charge < -0.3 is 10.1 Å². The molecule has 1 aromatic carbocycles. The van der Waals surface area contributed by atoms with Crippen molar-refractivity contribution in [1.29, 1.82) is 0 Å². The normalized spacial score (nSPS) is 12.2. The molecule has 4 rings (SSSR count). The predicted octanol–water partition coefficient (Wildman–Crippen LogP) is 2.88. The molecule has 1 aliphatic rings. The highest BCUT2D eigenvalue weighted by atomic mass is 35.5. The summed E-state index contributed by atoms with van der Waals surface area (Å²) >= 11 is 6.28. The van der Waals surface area contributed by atoms with E-state index in [-0.39, 0.29) is 0 Å². The fourth-order valence-corrected chi connectivity index (χ4v) is 3.09. The Kier molecular flexibility index (Phi) is 2.44. The highest BCUT2D eigenvalue weighted by Gasteiger charge is 2.31. The van der Waals surface area contributed by atoms with Crippen LogP contribution in [0.1, 0.15) is 5.56 Å². The van der Waals surface area contributed by atoms with Crippen molar-refractivity contribution in [2.45, 2.75) is 6.92 Å². The number of pyridine rings is 1. The van der Waals surface area contributed by atoms with Gasteiger partial charge in [-0.15, -0.1) is 0 Å². The number of anilines is 2. The molecule has 2 aromatic heterocycles. The largest absolute Gasteiger partial charge is 0.492 e. The molecule has 0 saturated heterocycles. The number of hydrogen-bond donors (Lipinski definition) is 1. The lowest BCUT2D eigenvalue weighted by Crippen LogP contribution is -2.34. The van der Waals surface area contributed by atoms with Crippen LogP contribution in [-0.2, 0) is 7.05 Å². The molecule has 6 heteroatoms. The second-order valence-corrected chi connectivity index (χ2v) is 5.55. The molecule has 1 aliphatic heterocycles. The first kappa shape index (κ1) is 12.5. The number of hydrogen-bond acceptors (Lipinski definition) is 3. The lowest BCUT2D eigenvalue weighted by atomic mass is 10.1. The fourth-order valence-electron chi connectivity index (χ4n) is 2.90. The average Bonchev–Trinajstić information content (AvgIpc) is 2.81. The van der Waals surface area contributed by atoms with Crippen molar-refractivity contribution < 1.29 is 9.30 Å². The smallest absolute Gasteiger partial charge is 0.250 e. The lowest BCUT2D eigenvalue weighted by molar-refractivity contribution is -0.568. The molecule has 0 unspecified atom stereocenters. The van der Waals surface area contributed by atoms with Crippen LogP contribution >= 0.6 is 11.6 Å². The van der Waals surface area contributed by atoms with Crippen LogP contribution in [0.4, 0.5) is 11.4 Å². The van der Waals surface area contributed by atoms with Crippen LogP contribution in [0.3, 0.4) is 0 Å². The van der Waals surface area contributed by atoms with Crippen LogP contribution in [0.5, 0.6) is 5.75 Å². The zero-order chi connectivity index (χ0) is 14.7. The Morgan fingerprint density at radius 1 is 1.33 bits per heavy atom. The molecular weight excluding hydrogens is 288 g/mol. The van der Waals surface area contributed by atoms with Crippen molar-refractivity contribution in [3.63, 3.8) is 0 Å². The zero-order valence-corrected chi connectivity index (χ0v) is 12.7. The Morgan fingerprint density at radius 2 is 2.14 bits per heavy atom. The summed E-state index contributed by atoms with van der Waals surface area (Å²) in [5.74, 6) is 0.819. The van der Waals surface area contributed by atoms with Crippen LogP contribution in [0.25, 0.3) is 16.7 Å². The van der Waals surface area contributed by atoms with Crippen molar-refractivity contribution in [1.82, 2.24) is 9.55 Å². The summed E-state index contributed by atoms with van der Waals surface area (Å²) in [5.41, 5.74) is 5.97. The topological polar surface area (TPSA) is 43.0 Å². The number of benzene rings is 1. The minimum atomic E-state index is 0.468. The van der Waals surface area contributed by atoms with Gasteiger partial charge in [0.1, 0.15) is 5.69 Å². The first-order valence-corrected chi connectivity index (χ1v) is 6.99. The molecule has 106 valence electrons. The van der Waals surface area contributed by atoms with Crippen molar-refractivity contribution in [3.05, 3.63) is 35.4 Å². The van der Waals surface area contributed by atoms with E-state index >= 15 is 0 Å². The molecule has 0 fully saturated rings. The number of nitrogens with zero attached hydrogens (tertiary/aromatic N) is 3. The van der Waals surface area contributed by atoms with Gasteiger partial charge in [0.2, 0.25) is 11.8 Å². The summed E-state index contributed by atoms with van der Waals surface area (Å²) in [5, 5.41) is 3.89. The number of aryl methyl sites for hydroxylation is 2. The fraction of sp³-hybridized carbons (Fsp3) is 0.200. The molecule has 0 bridgehead atoms. The maximum absolute atomic E-state index is 6.28. The van der Waals surface area contributed by atoms with Gasteiger partial charge in [-0.2, -0.15) is 4.57 Å². The van der Waals surface area contributed by atoms with Crippen molar-refractivity contribution in [3.8, 4) is 11.4 Å². The third-order valence-electron chi connectivity index (χ3n) is 3.96. The highest BCUT2D eigenvalue weighted by molar-refractivity contribution is 6.33. The summed E-state index contributed by atoms with van der Waals surface area (Å²) < 4.78 is 9.67. The molecule has 21 heavy (non-hydrogen) atoms. The average molecular weight is 302 g/mol. The van der Waals surface area contributed by atoms with E-state index in [2.05, 4.69) is 21.8 Å². The van der Waals surface area contributed by atoms with Gasteiger partial charge in [-0.1, -0.05) is 17.7 Å². The third kappa shape index (κ3) is 1.52. The van der Waals surface area contributed by atoms with Gasteiger partial charge in [0, 0.05) is 0 Å². The summed E-state index contributed by atoms with van der Waals surface area (Å²) in [6.07, 6.45) is 3.81.